The highest BCUT2D eigenvalue weighted by Crippen LogP contribution is 2.24. The van der Waals surface area contributed by atoms with Gasteiger partial charge in [0.1, 0.15) is 5.75 Å². The number of rotatable bonds is 7. The van der Waals surface area contributed by atoms with Crippen molar-refractivity contribution >= 4 is 23.2 Å². The average molecular weight is 354 g/mol. The molecular weight excluding hydrogens is 328 g/mol. The van der Waals surface area contributed by atoms with Gasteiger partial charge in [0.05, 0.1) is 7.11 Å². The first-order valence-corrected chi connectivity index (χ1v) is 8.73. The van der Waals surface area contributed by atoms with Crippen LogP contribution in [-0.4, -0.2) is 25.5 Å². The Kier molecular flexibility index (Phi) is 6.78. The first-order valence-electron chi connectivity index (χ1n) is 8.73. The Morgan fingerprint density at radius 1 is 1.12 bits per heavy atom. The number of methoxy groups -OCH3 is 1. The van der Waals surface area contributed by atoms with Gasteiger partial charge in [0.15, 0.2) is 0 Å². The van der Waals surface area contributed by atoms with Gasteiger partial charge < -0.3 is 15.0 Å². The lowest BCUT2D eigenvalue weighted by molar-refractivity contribution is -0.117. The van der Waals surface area contributed by atoms with Gasteiger partial charge in [-0.2, -0.15) is 0 Å². The van der Waals surface area contributed by atoms with Gasteiger partial charge in [0.25, 0.3) is 0 Å². The molecule has 5 heteroatoms. The minimum absolute atomic E-state index is 0.117. The molecule has 0 radical (unpaired) electrons. The maximum Gasteiger partial charge on any atom is 0.226 e. The summed E-state index contributed by atoms with van der Waals surface area (Å²) < 4.78 is 5.21. The van der Waals surface area contributed by atoms with E-state index in [0.29, 0.717) is 23.9 Å². The molecule has 0 aliphatic rings. The second kappa shape index (κ2) is 9.04. The largest absolute Gasteiger partial charge is 0.497 e. The normalized spacial score (nSPS) is 10.5. The van der Waals surface area contributed by atoms with Crippen LogP contribution >= 0.6 is 0 Å². The molecule has 0 aliphatic carbocycles. The van der Waals surface area contributed by atoms with Crippen LogP contribution in [0.1, 0.15) is 38.7 Å². The monoisotopic (exact) mass is 354 g/mol. The van der Waals surface area contributed by atoms with Gasteiger partial charge in [-0.3, -0.25) is 9.59 Å². The van der Waals surface area contributed by atoms with E-state index in [1.807, 2.05) is 42.5 Å². The fourth-order valence-corrected chi connectivity index (χ4v) is 2.79. The molecule has 0 bridgehead atoms. The predicted octanol–water partition coefficient (Wildman–Crippen LogP) is 4.20. The van der Waals surface area contributed by atoms with Crippen LogP contribution in [0.5, 0.6) is 5.75 Å². The van der Waals surface area contributed by atoms with Gasteiger partial charge in [0, 0.05) is 37.3 Å². The molecule has 0 unspecified atom stereocenters. The van der Waals surface area contributed by atoms with Crippen LogP contribution in [0.25, 0.3) is 0 Å². The number of hydrogen-bond donors (Lipinski definition) is 1. The summed E-state index contributed by atoms with van der Waals surface area (Å²) in [4.78, 5) is 26.0. The second-order valence-corrected chi connectivity index (χ2v) is 6.41. The van der Waals surface area contributed by atoms with E-state index in [4.69, 9.17) is 4.74 Å². The van der Waals surface area contributed by atoms with Crippen LogP contribution in [0.3, 0.4) is 0 Å². The number of nitrogens with zero attached hydrogens (tertiary/aromatic N) is 1. The summed E-state index contributed by atoms with van der Waals surface area (Å²) in [5.74, 6) is 0.752. The Bertz CT molecular complexity index is 771. The van der Waals surface area contributed by atoms with Crippen LogP contribution < -0.4 is 15.0 Å². The van der Waals surface area contributed by atoms with E-state index in [1.54, 1.807) is 18.1 Å². The van der Waals surface area contributed by atoms with Gasteiger partial charge in [-0.25, -0.2) is 0 Å². The standard InChI is InChI=1S/C21H26N2O3/c1-15(2)19-10-5-6-11-20(19)22-21(25)12-13-23(16(3)24)17-8-7-9-18(14-17)26-4/h5-11,14-15H,12-13H2,1-4H3,(H,22,25). The van der Waals surface area contributed by atoms with Crippen molar-refractivity contribution < 1.29 is 14.3 Å². The van der Waals surface area contributed by atoms with Gasteiger partial charge in [0.2, 0.25) is 11.8 Å². The highest BCUT2D eigenvalue weighted by atomic mass is 16.5. The summed E-state index contributed by atoms with van der Waals surface area (Å²) in [6.45, 7) is 5.97. The van der Waals surface area contributed by atoms with Crippen molar-refractivity contribution in [3.05, 3.63) is 54.1 Å². The van der Waals surface area contributed by atoms with Crippen molar-refractivity contribution in [3.8, 4) is 5.75 Å². The number of carbonyl (C=O) groups is 2. The summed E-state index contributed by atoms with van der Waals surface area (Å²) in [7, 11) is 1.58. The van der Waals surface area contributed by atoms with Crippen molar-refractivity contribution in [1.82, 2.24) is 0 Å². The average Bonchev–Trinajstić information content (AvgIpc) is 2.62. The molecule has 0 saturated heterocycles. The molecule has 0 fully saturated rings. The fraction of sp³-hybridized carbons (Fsp3) is 0.333. The van der Waals surface area contributed by atoms with Gasteiger partial charge in [-0.1, -0.05) is 38.1 Å². The summed E-state index contributed by atoms with van der Waals surface area (Å²) in [5, 5.41) is 2.96. The summed E-state index contributed by atoms with van der Waals surface area (Å²) in [6.07, 6.45) is 0.212. The molecule has 2 rings (SSSR count). The zero-order valence-electron chi connectivity index (χ0n) is 15.8. The highest BCUT2D eigenvalue weighted by Gasteiger charge is 2.15. The number of carbonyl (C=O) groups excluding carboxylic acids is 2. The summed E-state index contributed by atoms with van der Waals surface area (Å²) in [6, 6.07) is 15.0. The smallest absolute Gasteiger partial charge is 0.226 e. The molecule has 2 aromatic rings. The van der Waals surface area contributed by atoms with Crippen molar-refractivity contribution in [3.63, 3.8) is 0 Å². The van der Waals surface area contributed by atoms with Crippen LogP contribution in [0.15, 0.2) is 48.5 Å². The molecule has 0 aliphatic heterocycles. The predicted molar refractivity (Wildman–Crippen MR) is 105 cm³/mol. The van der Waals surface area contributed by atoms with E-state index in [0.717, 1.165) is 11.3 Å². The first kappa shape index (κ1) is 19.5. The molecule has 0 atom stereocenters. The number of amides is 2. The first-order chi connectivity index (χ1) is 12.4. The molecule has 0 saturated carbocycles. The third-order valence-electron chi connectivity index (χ3n) is 4.16. The van der Waals surface area contributed by atoms with Gasteiger partial charge in [-0.05, 0) is 29.7 Å². The number of benzene rings is 2. The third-order valence-corrected chi connectivity index (χ3v) is 4.16. The minimum Gasteiger partial charge on any atom is -0.497 e. The lowest BCUT2D eigenvalue weighted by Gasteiger charge is -2.22. The second-order valence-electron chi connectivity index (χ2n) is 6.41. The molecule has 5 nitrogen and oxygen atoms in total. The molecule has 2 aromatic carbocycles. The molecule has 0 heterocycles. The number of ether oxygens (including phenoxy) is 1. The van der Waals surface area contributed by atoms with Gasteiger partial charge >= 0.3 is 0 Å². The fourth-order valence-electron chi connectivity index (χ4n) is 2.79. The highest BCUT2D eigenvalue weighted by molar-refractivity contribution is 5.95. The Hall–Kier alpha value is -2.82. The maximum absolute atomic E-state index is 12.4. The zero-order valence-corrected chi connectivity index (χ0v) is 15.8. The Morgan fingerprint density at radius 3 is 2.50 bits per heavy atom. The van der Waals surface area contributed by atoms with E-state index in [9.17, 15) is 9.59 Å². The number of nitrogens with one attached hydrogen (secondary N) is 1. The number of para-hydroxylation sites is 1. The van der Waals surface area contributed by atoms with Crippen molar-refractivity contribution in [1.29, 1.82) is 0 Å². The molecule has 0 spiro atoms. The van der Waals surface area contributed by atoms with Gasteiger partial charge in [-0.15, -0.1) is 0 Å². The molecule has 1 N–H and O–H groups in total. The molecular formula is C21H26N2O3. The van der Waals surface area contributed by atoms with E-state index in [1.165, 1.54) is 6.92 Å². The molecule has 0 aromatic heterocycles. The molecule has 2 amide bonds. The number of anilines is 2. The van der Waals surface area contributed by atoms with Crippen LogP contribution in [0.2, 0.25) is 0 Å². The number of hydrogen-bond acceptors (Lipinski definition) is 3. The molecule has 26 heavy (non-hydrogen) atoms. The van der Waals surface area contributed by atoms with Crippen molar-refractivity contribution in [2.45, 2.75) is 33.1 Å². The van der Waals surface area contributed by atoms with Crippen LogP contribution in [-0.2, 0) is 9.59 Å². The quantitative estimate of drug-likeness (QED) is 0.811. The van der Waals surface area contributed by atoms with Crippen LogP contribution in [0.4, 0.5) is 11.4 Å². The summed E-state index contributed by atoms with van der Waals surface area (Å²) >= 11 is 0. The SMILES string of the molecule is COc1cccc(N(CCC(=O)Nc2ccccc2C(C)C)C(C)=O)c1. The Morgan fingerprint density at radius 2 is 1.85 bits per heavy atom. The molecule has 138 valence electrons. The Balaban J connectivity index is 2.05. The van der Waals surface area contributed by atoms with E-state index in [-0.39, 0.29) is 18.2 Å². The van der Waals surface area contributed by atoms with Crippen molar-refractivity contribution in [2.75, 3.05) is 23.9 Å². The van der Waals surface area contributed by atoms with Crippen LogP contribution in [0, 0.1) is 0 Å². The lowest BCUT2D eigenvalue weighted by atomic mass is 10.0. The zero-order chi connectivity index (χ0) is 19.1. The van der Waals surface area contributed by atoms with E-state index >= 15 is 0 Å². The topological polar surface area (TPSA) is 58.6 Å². The van der Waals surface area contributed by atoms with E-state index < -0.39 is 0 Å². The lowest BCUT2D eigenvalue weighted by Crippen LogP contribution is -2.32. The maximum atomic E-state index is 12.4. The van der Waals surface area contributed by atoms with E-state index in [2.05, 4.69) is 19.2 Å². The minimum atomic E-state index is -0.118. The van der Waals surface area contributed by atoms with Crippen molar-refractivity contribution in [2.24, 2.45) is 0 Å². The Labute approximate surface area is 155 Å². The summed E-state index contributed by atoms with van der Waals surface area (Å²) in [5.41, 5.74) is 2.63. The third kappa shape index (κ3) is 5.09.